The maximum atomic E-state index is 13.6. The van der Waals surface area contributed by atoms with E-state index < -0.39 is 12.1 Å². The highest BCUT2D eigenvalue weighted by atomic mass is 16.2. The van der Waals surface area contributed by atoms with Crippen LogP contribution in [0.4, 0.5) is 5.69 Å². The summed E-state index contributed by atoms with van der Waals surface area (Å²) in [7, 11) is 2.04. The second kappa shape index (κ2) is 15.1. The summed E-state index contributed by atoms with van der Waals surface area (Å²) in [6.07, 6.45) is 6.86. The van der Waals surface area contributed by atoms with Crippen molar-refractivity contribution in [2.45, 2.75) is 83.8 Å². The van der Waals surface area contributed by atoms with Crippen molar-refractivity contribution in [1.29, 1.82) is 0 Å². The molecule has 234 valence electrons. The Kier molecular flexibility index (Phi) is 11.3. The van der Waals surface area contributed by atoms with Gasteiger partial charge >= 0.3 is 0 Å². The number of anilines is 1. The Bertz CT molecular complexity index is 1250. The van der Waals surface area contributed by atoms with Gasteiger partial charge in [-0.25, -0.2) is 0 Å². The fraction of sp³-hybridized carbons (Fsp3) is 0.594. The second-order valence-electron chi connectivity index (χ2n) is 11.8. The Hall–Kier alpha value is -3.73. The highest BCUT2D eigenvalue weighted by Gasteiger charge is 2.34. The van der Waals surface area contributed by atoms with Gasteiger partial charge in [-0.2, -0.15) is 5.10 Å². The van der Waals surface area contributed by atoms with Gasteiger partial charge < -0.3 is 25.8 Å². The number of likely N-dealkylation sites (N-methyl/N-ethyl adjacent to an activating group) is 1. The van der Waals surface area contributed by atoms with Crippen molar-refractivity contribution in [1.82, 2.24) is 30.2 Å². The van der Waals surface area contributed by atoms with E-state index in [2.05, 4.69) is 25.9 Å². The van der Waals surface area contributed by atoms with Crippen LogP contribution < -0.4 is 16.0 Å². The smallest absolute Gasteiger partial charge is 0.270 e. The lowest BCUT2D eigenvalue weighted by atomic mass is 9.83. The quantitative estimate of drug-likeness (QED) is 0.368. The molecule has 1 aliphatic heterocycles. The van der Waals surface area contributed by atoms with Gasteiger partial charge in [-0.15, -0.1) is 0 Å². The van der Waals surface area contributed by atoms with Crippen molar-refractivity contribution in [3.05, 3.63) is 47.8 Å². The third-order valence-corrected chi connectivity index (χ3v) is 8.86. The first-order chi connectivity index (χ1) is 20.7. The minimum absolute atomic E-state index is 0.0542. The summed E-state index contributed by atoms with van der Waals surface area (Å²) < 4.78 is 1.62. The van der Waals surface area contributed by atoms with Crippen LogP contribution in [0.1, 0.15) is 81.3 Å². The number of hydrogen-bond donors (Lipinski definition) is 3. The topological polar surface area (TPSA) is 129 Å². The molecule has 4 rings (SSSR count). The number of benzene rings is 1. The average molecular weight is 594 g/mol. The van der Waals surface area contributed by atoms with Gasteiger partial charge in [0.2, 0.25) is 17.7 Å². The lowest BCUT2D eigenvalue weighted by Gasteiger charge is -2.36. The van der Waals surface area contributed by atoms with E-state index in [1.54, 1.807) is 23.9 Å². The van der Waals surface area contributed by atoms with E-state index >= 15 is 0 Å². The van der Waals surface area contributed by atoms with Gasteiger partial charge in [0.25, 0.3) is 5.91 Å². The second-order valence-corrected chi connectivity index (χ2v) is 11.8. The van der Waals surface area contributed by atoms with Gasteiger partial charge in [0.1, 0.15) is 17.8 Å². The third-order valence-electron chi connectivity index (χ3n) is 8.86. The summed E-state index contributed by atoms with van der Waals surface area (Å²) in [5, 5.41) is 13.1. The number of hydrogen-bond acceptors (Lipinski definition) is 6. The summed E-state index contributed by atoms with van der Waals surface area (Å²) in [6, 6.07) is 7.72. The van der Waals surface area contributed by atoms with Crippen LogP contribution in [0.2, 0.25) is 0 Å². The first-order valence-corrected chi connectivity index (χ1v) is 15.7. The van der Waals surface area contributed by atoms with Gasteiger partial charge in [-0.3, -0.25) is 23.9 Å². The van der Waals surface area contributed by atoms with Crippen LogP contribution in [-0.2, 0) is 20.9 Å². The molecule has 2 fully saturated rings. The Balaban J connectivity index is 1.46. The molecule has 0 radical (unpaired) electrons. The largest absolute Gasteiger partial charge is 0.344 e. The molecule has 0 unspecified atom stereocenters. The van der Waals surface area contributed by atoms with Crippen LogP contribution in [0.3, 0.4) is 0 Å². The molecule has 1 saturated heterocycles. The van der Waals surface area contributed by atoms with E-state index in [4.69, 9.17) is 0 Å². The molecule has 0 bridgehead atoms. The predicted octanol–water partition coefficient (Wildman–Crippen LogP) is 2.99. The maximum absolute atomic E-state index is 13.6. The van der Waals surface area contributed by atoms with Gasteiger partial charge in [0.15, 0.2) is 0 Å². The Labute approximate surface area is 254 Å². The van der Waals surface area contributed by atoms with Gasteiger partial charge in [0.05, 0.1) is 0 Å². The lowest BCUT2D eigenvalue weighted by Crippen LogP contribution is -2.55. The maximum Gasteiger partial charge on any atom is 0.270 e. The minimum Gasteiger partial charge on any atom is -0.344 e. The number of aromatic nitrogens is 2. The van der Waals surface area contributed by atoms with E-state index in [1.165, 1.54) is 0 Å². The highest BCUT2D eigenvalue weighted by Crippen LogP contribution is 2.28. The van der Waals surface area contributed by atoms with Crippen LogP contribution in [0.25, 0.3) is 0 Å². The predicted molar refractivity (Wildman–Crippen MR) is 166 cm³/mol. The van der Waals surface area contributed by atoms with Crippen LogP contribution >= 0.6 is 0 Å². The van der Waals surface area contributed by atoms with Crippen molar-refractivity contribution in [3.63, 3.8) is 0 Å². The SMILES string of the molecule is CCC(=O)N[C@@H](C(=O)N1CCN(C)CC1)[C@@H](C)c1ccc(NC(=O)[C@@H](NC(=O)c2ccnn2CC)C2CCCCC2)cc1. The molecule has 1 aromatic carbocycles. The summed E-state index contributed by atoms with van der Waals surface area (Å²) in [4.78, 5) is 56.7. The minimum atomic E-state index is -0.682. The van der Waals surface area contributed by atoms with E-state index in [0.717, 1.165) is 50.8 Å². The molecule has 1 aliphatic carbocycles. The van der Waals surface area contributed by atoms with Crippen LogP contribution in [-0.4, -0.2) is 88.5 Å². The molecule has 2 aliphatic rings. The standard InChI is InChI=1S/C32H47N7O4/c1-5-27(40)35-28(32(43)38-20-18-37(4)19-21-38)22(3)23-12-14-25(15-13-23)34-31(42)29(24-10-8-7-9-11-24)36-30(41)26-16-17-33-39(26)6-2/h12-17,22,24,28-29H,5-11,18-21H2,1-4H3,(H,34,42)(H,35,40)(H,36,41)/t22-,28+,29-/m0/s1. The highest BCUT2D eigenvalue weighted by molar-refractivity contribution is 6.00. The van der Waals surface area contributed by atoms with Crippen molar-refractivity contribution >= 4 is 29.3 Å². The molecule has 11 heteroatoms. The molecule has 1 aromatic heterocycles. The number of aryl methyl sites for hydroxylation is 1. The van der Waals surface area contributed by atoms with Crippen molar-refractivity contribution in [3.8, 4) is 0 Å². The molecule has 3 N–H and O–H groups in total. The lowest BCUT2D eigenvalue weighted by molar-refractivity contribution is -0.138. The first-order valence-electron chi connectivity index (χ1n) is 15.7. The zero-order valence-corrected chi connectivity index (χ0v) is 26.0. The molecule has 3 atom stereocenters. The molecule has 2 heterocycles. The molecule has 11 nitrogen and oxygen atoms in total. The van der Waals surface area contributed by atoms with E-state index in [9.17, 15) is 19.2 Å². The summed E-state index contributed by atoms with van der Waals surface area (Å²) in [5.74, 6) is -1.01. The van der Waals surface area contributed by atoms with Crippen molar-refractivity contribution < 1.29 is 19.2 Å². The summed E-state index contributed by atoms with van der Waals surface area (Å²) in [5.41, 5.74) is 1.92. The van der Waals surface area contributed by atoms with E-state index in [1.807, 2.05) is 50.1 Å². The van der Waals surface area contributed by atoms with Crippen LogP contribution in [0.15, 0.2) is 36.5 Å². The van der Waals surface area contributed by atoms with Gasteiger partial charge in [-0.05, 0) is 56.5 Å². The zero-order chi connectivity index (χ0) is 30.9. The number of rotatable bonds is 11. The van der Waals surface area contributed by atoms with Gasteiger partial charge in [-0.1, -0.05) is 45.2 Å². The van der Waals surface area contributed by atoms with Gasteiger partial charge in [0, 0.05) is 56.9 Å². The molecule has 4 amide bonds. The number of nitrogens with one attached hydrogen (secondary N) is 3. The number of carbonyl (C=O) groups excluding carboxylic acids is 4. The fourth-order valence-electron chi connectivity index (χ4n) is 6.04. The normalized spacial score (nSPS) is 18.4. The summed E-state index contributed by atoms with van der Waals surface area (Å²) in [6.45, 7) is 9.05. The van der Waals surface area contributed by atoms with E-state index in [-0.39, 0.29) is 35.5 Å². The first kappa shape index (κ1) is 32.2. The number of carbonyl (C=O) groups is 4. The van der Waals surface area contributed by atoms with Crippen LogP contribution in [0.5, 0.6) is 0 Å². The Morgan fingerprint density at radius 3 is 2.23 bits per heavy atom. The fourth-order valence-corrected chi connectivity index (χ4v) is 6.04. The number of piperazine rings is 1. The van der Waals surface area contributed by atoms with Crippen LogP contribution in [0, 0.1) is 5.92 Å². The zero-order valence-electron chi connectivity index (χ0n) is 26.0. The molecule has 1 saturated carbocycles. The number of nitrogens with zero attached hydrogens (tertiary/aromatic N) is 4. The summed E-state index contributed by atoms with van der Waals surface area (Å²) >= 11 is 0. The Morgan fingerprint density at radius 2 is 1.60 bits per heavy atom. The van der Waals surface area contributed by atoms with E-state index in [0.29, 0.717) is 37.4 Å². The van der Waals surface area contributed by atoms with Crippen molar-refractivity contribution in [2.75, 3.05) is 38.5 Å². The molecule has 43 heavy (non-hydrogen) atoms. The molecular weight excluding hydrogens is 546 g/mol. The molecule has 0 spiro atoms. The monoisotopic (exact) mass is 593 g/mol. The Morgan fingerprint density at radius 1 is 0.930 bits per heavy atom. The average Bonchev–Trinajstić information content (AvgIpc) is 3.52. The molecule has 2 aromatic rings. The number of amides is 4. The third kappa shape index (κ3) is 8.22. The van der Waals surface area contributed by atoms with Crippen molar-refractivity contribution in [2.24, 2.45) is 5.92 Å². The molecular formula is C32H47N7O4.